The molecule has 1 aliphatic carbocycles. The normalized spacial score (nSPS) is 17.2. The van der Waals surface area contributed by atoms with Crippen LogP contribution in [0, 0.1) is 13.8 Å². The smallest absolute Gasteiger partial charge is 0.184 e. The predicted molar refractivity (Wildman–Crippen MR) is 69.4 cm³/mol. The number of aryl methyl sites for hydroxylation is 2. The van der Waals surface area contributed by atoms with Crippen molar-refractivity contribution >= 4 is 0 Å². The summed E-state index contributed by atoms with van der Waals surface area (Å²) in [5, 5.41) is 7.45. The Kier molecular flexibility index (Phi) is 2.94. The summed E-state index contributed by atoms with van der Waals surface area (Å²) < 4.78 is 5.53. The molecule has 0 aliphatic heterocycles. The third-order valence-electron chi connectivity index (χ3n) is 3.78. The lowest BCUT2D eigenvalue weighted by atomic mass is 9.89. The molecule has 2 aromatic rings. The van der Waals surface area contributed by atoms with Crippen LogP contribution in [0.2, 0.25) is 0 Å². The van der Waals surface area contributed by atoms with Gasteiger partial charge in [-0.15, -0.1) is 0 Å². The fourth-order valence-electron chi connectivity index (χ4n) is 2.81. The quantitative estimate of drug-likeness (QED) is 0.877. The molecule has 4 nitrogen and oxygen atoms in total. The maximum atomic E-state index is 5.53. The van der Waals surface area contributed by atoms with E-state index in [1.807, 2.05) is 19.9 Å². The second-order valence-electron chi connectivity index (χ2n) is 5.21. The molecule has 18 heavy (non-hydrogen) atoms. The average molecular weight is 245 g/mol. The monoisotopic (exact) mass is 245 g/mol. The van der Waals surface area contributed by atoms with Gasteiger partial charge in [0.05, 0.1) is 5.56 Å². The molecular weight excluding hydrogens is 226 g/mol. The van der Waals surface area contributed by atoms with E-state index in [2.05, 4.69) is 15.2 Å². The van der Waals surface area contributed by atoms with Crippen LogP contribution in [0.4, 0.5) is 0 Å². The van der Waals surface area contributed by atoms with Gasteiger partial charge >= 0.3 is 0 Å². The van der Waals surface area contributed by atoms with Gasteiger partial charge in [0.2, 0.25) is 0 Å². The van der Waals surface area contributed by atoms with Crippen LogP contribution < -0.4 is 0 Å². The highest BCUT2D eigenvalue weighted by Crippen LogP contribution is 2.32. The Balaban J connectivity index is 1.86. The Bertz CT molecular complexity index is 535. The number of furan rings is 1. The summed E-state index contributed by atoms with van der Waals surface area (Å²) >= 11 is 0. The molecule has 4 heteroatoms. The van der Waals surface area contributed by atoms with Gasteiger partial charge in [-0.05, 0) is 32.8 Å². The van der Waals surface area contributed by atoms with Gasteiger partial charge in [-0.2, -0.15) is 5.10 Å². The van der Waals surface area contributed by atoms with Crippen molar-refractivity contribution in [3.05, 3.63) is 23.4 Å². The van der Waals surface area contributed by atoms with Gasteiger partial charge in [0.25, 0.3) is 0 Å². The van der Waals surface area contributed by atoms with Crippen molar-refractivity contribution in [3.8, 4) is 11.4 Å². The molecule has 0 amide bonds. The minimum atomic E-state index is 0.563. The van der Waals surface area contributed by atoms with Crippen LogP contribution in [0.5, 0.6) is 0 Å². The number of hydrogen-bond donors (Lipinski definition) is 1. The number of nitrogens with one attached hydrogen (secondary N) is 1. The van der Waals surface area contributed by atoms with Crippen LogP contribution in [0.3, 0.4) is 0 Å². The number of aromatic nitrogens is 3. The van der Waals surface area contributed by atoms with Crippen molar-refractivity contribution in [2.45, 2.75) is 51.9 Å². The molecule has 96 valence electrons. The largest absolute Gasteiger partial charge is 0.466 e. The van der Waals surface area contributed by atoms with Crippen molar-refractivity contribution in [1.29, 1.82) is 0 Å². The fraction of sp³-hybridized carbons (Fsp3) is 0.571. The molecular formula is C14H19N3O. The summed E-state index contributed by atoms with van der Waals surface area (Å²) in [6, 6.07) is 2.00. The lowest BCUT2D eigenvalue weighted by molar-refractivity contribution is 0.429. The van der Waals surface area contributed by atoms with E-state index in [0.717, 1.165) is 28.7 Å². The number of aromatic amines is 1. The Morgan fingerprint density at radius 3 is 2.67 bits per heavy atom. The van der Waals surface area contributed by atoms with Gasteiger partial charge in [-0.3, -0.25) is 5.10 Å². The van der Waals surface area contributed by atoms with Gasteiger partial charge in [-0.1, -0.05) is 19.3 Å². The first-order valence-electron chi connectivity index (χ1n) is 6.74. The second kappa shape index (κ2) is 4.59. The van der Waals surface area contributed by atoms with E-state index >= 15 is 0 Å². The highest BCUT2D eigenvalue weighted by atomic mass is 16.3. The maximum absolute atomic E-state index is 5.53. The molecule has 0 aromatic carbocycles. The number of rotatable bonds is 2. The minimum Gasteiger partial charge on any atom is -0.466 e. The van der Waals surface area contributed by atoms with Crippen LogP contribution >= 0.6 is 0 Å². The number of H-pyrrole nitrogens is 1. The average Bonchev–Trinajstić information content (AvgIpc) is 2.97. The molecule has 0 radical (unpaired) electrons. The van der Waals surface area contributed by atoms with Crippen LogP contribution in [0.1, 0.15) is 55.4 Å². The SMILES string of the molecule is Cc1cc(-c2n[nH]c(C3CCCCC3)n2)c(C)o1. The van der Waals surface area contributed by atoms with Gasteiger partial charge in [0, 0.05) is 5.92 Å². The zero-order valence-corrected chi connectivity index (χ0v) is 11.0. The third-order valence-corrected chi connectivity index (χ3v) is 3.78. The highest BCUT2D eigenvalue weighted by molar-refractivity contribution is 5.57. The third kappa shape index (κ3) is 2.07. The molecule has 0 spiro atoms. The van der Waals surface area contributed by atoms with Gasteiger partial charge in [0.1, 0.15) is 17.3 Å². The highest BCUT2D eigenvalue weighted by Gasteiger charge is 2.20. The summed E-state index contributed by atoms with van der Waals surface area (Å²) in [6.45, 7) is 3.91. The summed E-state index contributed by atoms with van der Waals surface area (Å²) in [6.07, 6.45) is 6.45. The zero-order chi connectivity index (χ0) is 12.5. The zero-order valence-electron chi connectivity index (χ0n) is 11.0. The summed E-state index contributed by atoms with van der Waals surface area (Å²) in [5.74, 6) is 4.18. The van der Waals surface area contributed by atoms with Crippen LogP contribution in [-0.2, 0) is 0 Å². The Morgan fingerprint density at radius 2 is 2.00 bits per heavy atom. The lowest BCUT2D eigenvalue weighted by Crippen LogP contribution is -2.06. The molecule has 0 bridgehead atoms. The van der Waals surface area contributed by atoms with E-state index in [9.17, 15) is 0 Å². The summed E-state index contributed by atoms with van der Waals surface area (Å²) in [4.78, 5) is 4.65. The minimum absolute atomic E-state index is 0.563. The molecule has 0 atom stereocenters. The van der Waals surface area contributed by atoms with E-state index < -0.39 is 0 Å². The molecule has 0 saturated heterocycles. The van der Waals surface area contributed by atoms with Crippen LogP contribution in [-0.4, -0.2) is 15.2 Å². The fourth-order valence-corrected chi connectivity index (χ4v) is 2.81. The van der Waals surface area contributed by atoms with Crippen molar-refractivity contribution in [2.75, 3.05) is 0 Å². The number of hydrogen-bond acceptors (Lipinski definition) is 3. The van der Waals surface area contributed by atoms with Crippen LogP contribution in [0.25, 0.3) is 11.4 Å². The second-order valence-corrected chi connectivity index (χ2v) is 5.21. The Labute approximate surface area is 107 Å². The molecule has 1 N–H and O–H groups in total. The van der Waals surface area contributed by atoms with Crippen molar-refractivity contribution in [3.63, 3.8) is 0 Å². The first kappa shape index (κ1) is 11.5. The standard InChI is InChI=1S/C14H19N3O/c1-9-8-12(10(2)18-9)14-15-13(16-17-14)11-6-4-3-5-7-11/h8,11H,3-7H2,1-2H3,(H,15,16,17). The molecule has 1 saturated carbocycles. The molecule has 0 unspecified atom stereocenters. The van der Waals surface area contributed by atoms with Crippen molar-refractivity contribution < 1.29 is 4.42 Å². The molecule has 3 rings (SSSR count). The van der Waals surface area contributed by atoms with E-state index in [4.69, 9.17) is 4.42 Å². The van der Waals surface area contributed by atoms with E-state index in [1.54, 1.807) is 0 Å². The molecule has 1 fully saturated rings. The molecule has 1 aliphatic rings. The first-order chi connectivity index (χ1) is 8.74. The molecule has 2 heterocycles. The number of nitrogens with zero attached hydrogens (tertiary/aromatic N) is 2. The van der Waals surface area contributed by atoms with E-state index in [1.165, 1.54) is 32.1 Å². The predicted octanol–water partition coefficient (Wildman–Crippen LogP) is 3.73. The van der Waals surface area contributed by atoms with Gasteiger partial charge < -0.3 is 4.42 Å². The van der Waals surface area contributed by atoms with Crippen molar-refractivity contribution in [1.82, 2.24) is 15.2 Å². The Hall–Kier alpha value is -1.58. The molecule has 2 aromatic heterocycles. The first-order valence-corrected chi connectivity index (χ1v) is 6.74. The van der Waals surface area contributed by atoms with E-state index in [-0.39, 0.29) is 0 Å². The lowest BCUT2D eigenvalue weighted by Gasteiger charge is -2.18. The Morgan fingerprint density at radius 1 is 1.22 bits per heavy atom. The topological polar surface area (TPSA) is 54.7 Å². The van der Waals surface area contributed by atoms with Crippen LogP contribution in [0.15, 0.2) is 10.5 Å². The summed E-state index contributed by atoms with van der Waals surface area (Å²) in [7, 11) is 0. The van der Waals surface area contributed by atoms with Gasteiger partial charge in [0.15, 0.2) is 5.82 Å². The van der Waals surface area contributed by atoms with E-state index in [0.29, 0.717) is 5.92 Å². The van der Waals surface area contributed by atoms with Crippen molar-refractivity contribution in [2.24, 2.45) is 0 Å². The maximum Gasteiger partial charge on any atom is 0.184 e. The summed E-state index contributed by atoms with van der Waals surface area (Å²) in [5.41, 5.74) is 1.01. The van der Waals surface area contributed by atoms with Gasteiger partial charge in [-0.25, -0.2) is 4.98 Å².